The second kappa shape index (κ2) is 13.1. The second-order valence-electron chi connectivity index (χ2n) is 6.76. The summed E-state index contributed by atoms with van der Waals surface area (Å²) >= 11 is 0. The van der Waals surface area contributed by atoms with Crippen LogP contribution in [0, 0.1) is 0 Å². The third kappa shape index (κ3) is 6.86. The van der Waals surface area contributed by atoms with Crippen molar-refractivity contribution in [1.29, 1.82) is 0 Å². The fourth-order valence-electron chi connectivity index (χ4n) is 3.57. The number of carbonyl (C=O) groups excluding carboxylic acids is 2. The summed E-state index contributed by atoms with van der Waals surface area (Å²) in [4.78, 5) is 32.4. The van der Waals surface area contributed by atoms with Gasteiger partial charge in [-0.05, 0) is 25.9 Å². The molecule has 0 aliphatic carbocycles. The summed E-state index contributed by atoms with van der Waals surface area (Å²) in [5.41, 5.74) is 0.440. The maximum atomic E-state index is 12.9. The Bertz CT molecular complexity index is 671. The van der Waals surface area contributed by atoms with Crippen molar-refractivity contribution in [1.82, 2.24) is 24.7 Å². The van der Waals surface area contributed by atoms with E-state index in [9.17, 15) is 9.59 Å². The number of carbonyl (C=O) groups is 2. The summed E-state index contributed by atoms with van der Waals surface area (Å²) in [6.07, 6.45) is 5.73. The van der Waals surface area contributed by atoms with Crippen LogP contribution in [-0.4, -0.2) is 84.2 Å². The fraction of sp³-hybridized carbons (Fsp3) is 0.611. The molecule has 0 unspecified atom stereocenters. The first kappa shape index (κ1) is 27.7. The van der Waals surface area contributed by atoms with E-state index in [2.05, 4.69) is 21.4 Å². The Morgan fingerprint density at radius 2 is 1.79 bits per heavy atom. The molecule has 0 bridgehead atoms. The molecule has 0 radical (unpaired) electrons. The number of hydrogen-bond acceptors (Lipinski definition) is 6. The van der Waals surface area contributed by atoms with Crippen LogP contribution in [0.15, 0.2) is 19.0 Å². The van der Waals surface area contributed by atoms with Crippen molar-refractivity contribution in [2.45, 2.75) is 18.9 Å². The van der Waals surface area contributed by atoms with Crippen molar-refractivity contribution in [2.24, 2.45) is 0 Å². The third-order valence-electron chi connectivity index (χ3n) is 5.14. The Kier molecular flexibility index (Phi) is 12.5. The predicted octanol–water partition coefficient (Wildman–Crippen LogP) is 1.40. The van der Waals surface area contributed by atoms with E-state index >= 15 is 0 Å². The van der Waals surface area contributed by atoms with Gasteiger partial charge in [0.2, 0.25) is 0 Å². The highest BCUT2D eigenvalue weighted by molar-refractivity contribution is 6.17. The Labute approximate surface area is 190 Å². The van der Waals surface area contributed by atoms with Crippen molar-refractivity contribution in [3.8, 4) is 0 Å². The Balaban J connectivity index is 0.00000261. The van der Waals surface area contributed by atoms with Gasteiger partial charge in [-0.2, -0.15) is 0 Å². The van der Waals surface area contributed by atoms with E-state index in [1.54, 1.807) is 11.1 Å². The van der Waals surface area contributed by atoms with E-state index in [4.69, 9.17) is 4.74 Å². The van der Waals surface area contributed by atoms with Crippen LogP contribution in [0.4, 0.5) is 0 Å². The lowest BCUT2D eigenvalue weighted by molar-refractivity contribution is -0.142. The molecule has 3 rings (SSSR count). The first-order chi connectivity index (χ1) is 12.6. The standard InChI is InChI=1S/C18H27N5O3.3ClH/c1-14(17-20-7-8-23(17)15-3-5-19-6-4-15)18(25)22-11-9-21(10-12-22)13-16(24)26-2;;;/h7-8,15,19H,1,3-6,9-13H2,2H3;3*1H. The van der Waals surface area contributed by atoms with Crippen molar-refractivity contribution in [3.63, 3.8) is 0 Å². The van der Waals surface area contributed by atoms with E-state index in [1.165, 1.54) is 7.11 Å². The van der Waals surface area contributed by atoms with Gasteiger partial charge in [-0.1, -0.05) is 6.58 Å². The van der Waals surface area contributed by atoms with Crippen molar-refractivity contribution in [3.05, 3.63) is 24.8 Å². The number of methoxy groups -OCH3 is 1. The van der Waals surface area contributed by atoms with Crippen LogP contribution in [0.5, 0.6) is 0 Å². The summed E-state index contributed by atoms with van der Waals surface area (Å²) in [7, 11) is 1.39. The van der Waals surface area contributed by atoms with Gasteiger partial charge >= 0.3 is 5.97 Å². The number of piperidine rings is 1. The van der Waals surface area contributed by atoms with Crippen molar-refractivity contribution >= 4 is 54.7 Å². The number of halogens is 3. The van der Waals surface area contributed by atoms with E-state index in [1.807, 2.05) is 11.1 Å². The predicted molar refractivity (Wildman–Crippen MR) is 119 cm³/mol. The zero-order valence-electron chi connectivity index (χ0n) is 16.5. The Morgan fingerprint density at radius 3 is 2.38 bits per heavy atom. The van der Waals surface area contributed by atoms with Gasteiger partial charge in [0.05, 0.1) is 19.2 Å². The smallest absolute Gasteiger partial charge is 0.319 e. The molecule has 8 nitrogen and oxygen atoms in total. The summed E-state index contributed by atoms with van der Waals surface area (Å²) in [6, 6.07) is 0.357. The normalized spacial score (nSPS) is 17.3. The number of nitrogens with one attached hydrogen (secondary N) is 1. The minimum atomic E-state index is -0.252. The minimum Gasteiger partial charge on any atom is -0.468 e. The molecule has 29 heavy (non-hydrogen) atoms. The van der Waals surface area contributed by atoms with Crippen LogP contribution in [0.25, 0.3) is 5.57 Å². The van der Waals surface area contributed by atoms with E-state index in [-0.39, 0.29) is 55.6 Å². The summed E-state index contributed by atoms with van der Waals surface area (Å²) in [6.45, 7) is 8.69. The molecule has 2 aliphatic heterocycles. The average molecular weight is 471 g/mol. The number of piperazine rings is 1. The molecular formula is C18H30Cl3N5O3. The summed E-state index contributed by atoms with van der Waals surface area (Å²) in [5, 5.41) is 3.35. The number of ether oxygens (including phenoxy) is 1. The van der Waals surface area contributed by atoms with Crippen LogP contribution in [0.3, 0.4) is 0 Å². The van der Waals surface area contributed by atoms with Crippen molar-refractivity contribution < 1.29 is 14.3 Å². The zero-order chi connectivity index (χ0) is 18.5. The van der Waals surface area contributed by atoms with Gasteiger partial charge in [-0.25, -0.2) is 4.98 Å². The van der Waals surface area contributed by atoms with Gasteiger partial charge in [-0.15, -0.1) is 37.2 Å². The Hall–Kier alpha value is -1.32. The highest BCUT2D eigenvalue weighted by Gasteiger charge is 2.27. The topological polar surface area (TPSA) is 79.7 Å². The molecule has 166 valence electrons. The van der Waals surface area contributed by atoms with Gasteiger partial charge < -0.3 is 19.5 Å². The summed E-state index contributed by atoms with van der Waals surface area (Å²) in [5.74, 6) is 0.334. The lowest BCUT2D eigenvalue weighted by Gasteiger charge is -2.34. The largest absolute Gasteiger partial charge is 0.468 e. The number of nitrogens with zero attached hydrogens (tertiary/aromatic N) is 4. The molecule has 1 amide bonds. The van der Waals surface area contributed by atoms with Gasteiger partial charge in [0.1, 0.15) is 5.82 Å². The molecule has 1 N–H and O–H groups in total. The number of esters is 1. The molecule has 0 spiro atoms. The lowest BCUT2D eigenvalue weighted by atomic mass is 10.1. The molecule has 1 aromatic heterocycles. The third-order valence-corrected chi connectivity index (χ3v) is 5.14. The van der Waals surface area contributed by atoms with Crippen LogP contribution in [0.2, 0.25) is 0 Å². The highest BCUT2D eigenvalue weighted by atomic mass is 35.5. The average Bonchev–Trinajstić information content (AvgIpc) is 3.18. The quantitative estimate of drug-likeness (QED) is 0.518. The number of hydrogen-bond donors (Lipinski definition) is 1. The molecular weight excluding hydrogens is 441 g/mol. The SMILES string of the molecule is C=C(C(=O)N1CCN(CC(=O)OC)CC1)c1nccn1C1CCNCC1.Cl.Cl.Cl. The first-order valence-corrected chi connectivity index (χ1v) is 9.11. The molecule has 0 saturated carbocycles. The fourth-order valence-corrected chi connectivity index (χ4v) is 3.57. The summed E-state index contributed by atoms with van der Waals surface area (Å²) < 4.78 is 6.79. The van der Waals surface area contributed by atoms with Crippen LogP contribution < -0.4 is 5.32 Å². The molecule has 0 atom stereocenters. The Morgan fingerprint density at radius 1 is 1.17 bits per heavy atom. The van der Waals surface area contributed by atoms with E-state index < -0.39 is 0 Å². The number of aromatic nitrogens is 2. The lowest BCUT2D eigenvalue weighted by Crippen LogP contribution is -2.50. The number of rotatable bonds is 5. The minimum absolute atomic E-state index is 0. The van der Waals surface area contributed by atoms with Crippen LogP contribution in [0.1, 0.15) is 24.7 Å². The highest BCUT2D eigenvalue weighted by Crippen LogP contribution is 2.24. The zero-order valence-corrected chi connectivity index (χ0v) is 19.0. The first-order valence-electron chi connectivity index (χ1n) is 9.11. The van der Waals surface area contributed by atoms with Crippen LogP contribution >= 0.6 is 37.2 Å². The monoisotopic (exact) mass is 469 g/mol. The molecule has 2 fully saturated rings. The maximum absolute atomic E-state index is 12.9. The van der Waals surface area contributed by atoms with Gasteiger partial charge in [0.25, 0.3) is 5.91 Å². The maximum Gasteiger partial charge on any atom is 0.319 e. The van der Waals surface area contributed by atoms with Crippen molar-refractivity contribution in [2.75, 3.05) is 52.9 Å². The van der Waals surface area contributed by atoms with Gasteiger partial charge in [0.15, 0.2) is 0 Å². The molecule has 0 aromatic carbocycles. The van der Waals surface area contributed by atoms with Gasteiger partial charge in [0, 0.05) is 44.6 Å². The molecule has 1 aromatic rings. The van der Waals surface area contributed by atoms with E-state index in [0.29, 0.717) is 43.6 Å². The molecule has 2 aliphatic rings. The molecule has 3 heterocycles. The second-order valence-corrected chi connectivity index (χ2v) is 6.76. The van der Waals surface area contributed by atoms with Crippen LogP contribution in [-0.2, 0) is 14.3 Å². The number of amides is 1. The van der Waals surface area contributed by atoms with Gasteiger partial charge in [-0.3, -0.25) is 14.5 Å². The van der Waals surface area contributed by atoms with E-state index in [0.717, 1.165) is 25.9 Å². The molecule has 2 saturated heterocycles. The number of imidazole rings is 1. The molecule has 11 heteroatoms.